The van der Waals surface area contributed by atoms with E-state index in [2.05, 4.69) is 5.32 Å². The lowest BCUT2D eigenvalue weighted by atomic mass is 10.0. The van der Waals surface area contributed by atoms with Gasteiger partial charge in [0.2, 0.25) is 11.8 Å². The molecule has 2 atom stereocenters. The number of benzene rings is 1. The molecule has 24 heavy (non-hydrogen) atoms. The molecule has 1 aromatic rings. The summed E-state index contributed by atoms with van der Waals surface area (Å²) < 4.78 is 27.9. The molecule has 0 saturated carbocycles. The summed E-state index contributed by atoms with van der Waals surface area (Å²) in [5, 5.41) is 11.5. The summed E-state index contributed by atoms with van der Waals surface area (Å²) in [6, 6.07) is 1.11. The van der Waals surface area contributed by atoms with Gasteiger partial charge in [0.1, 0.15) is 17.7 Å². The van der Waals surface area contributed by atoms with Crippen LogP contribution in [0.3, 0.4) is 0 Å². The first kappa shape index (κ1) is 17.8. The number of amides is 2. The molecule has 1 saturated heterocycles. The van der Waals surface area contributed by atoms with Gasteiger partial charge in [-0.1, -0.05) is 6.07 Å². The molecular weight excluding hydrogens is 322 g/mol. The Morgan fingerprint density at radius 1 is 1.33 bits per heavy atom. The fourth-order valence-corrected chi connectivity index (χ4v) is 2.93. The van der Waals surface area contributed by atoms with E-state index in [-0.39, 0.29) is 6.54 Å². The Labute approximate surface area is 137 Å². The quantitative estimate of drug-likeness (QED) is 0.852. The molecule has 1 fully saturated rings. The number of carboxylic acids is 1. The molecule has 0 unspecified atom stereocenters. The van der Waals surface area contributed by atoms with Gasteiger partial charge in [-0.3, -0.25) is 9.59 Å². The number of carbonyl (C=O) groups excluding carboxylic acids is 2. The van der Waals surface area contributed by atoms with Crippen LogP contribution in [-0.2, 0) is 14.4 Å². The lowest BCUT2D eigenvalue weighted by Gasteiger charge is -2.25. The Morgan fingerprint density at radius 3 is 2.50 bits per heavy atom. The van der Waals surface area contributed by atoms with Crippen LogP contribution in [0.25, 0.3) is 0 Å². The highest BCUT2D eigenvalue weighted by Crippen LogP contribution is 2.26. The minimum Gasteiger partial charge on any atom is -0.480 e. The van der Waals surface area contributed by atoms with Crippen LogP contribution in [0.1, 0.15) is 37.8 Å². The van der Waals surface area contributed by atoms with Gasteiger partial charge in [0, 0.05) is 19.0 Å². The topological polar surface area (TPSA) is 86.7 Å². The molecule has 1 aliphatic rings. The zero-order chi connectivity index (χ0) is 17.9. The lowest BCUT2D eigenvalue weighted by molar-refractivity contribution is -0.148. The Kier molecular flexibility index (Phi) is 5.48. The molecule has 2 N–H and O–H groups in total. The molecule has 0 radical (unpaired) electrons. The Hall–Kier alpha value is -2.51. The normalized spacial score (nSPS) is 18.3. The van der Waals surface area contributed by atoms with Crippen molar-refractivity contribution in [3.8, 4) is 0 Å². The Bertz CT molecular complexity index is 645. The van der Waals surface area contributed by atoms with Crippen LogP contribution in [-0.4, -0.2) is 40.4 Å². The van der Waals surface area contributed by atoms with Gasteiger partial charge >= 0.3 is 5.97 Å². The monoisotopic (exact) mass is 340 g/mol. The van der Waals surface area contributed by atoms with Crippen molar-refractivity contribution in [1.82, 2.24) is 10.2 Å². The van der Waals surface area contributed by atoms with Crippen molar-refractivity contribution < 1.29 is 28.3 Å². The SMILES string of the molecule is CC(=O)N[C@@H](CC(=O)N1CCC[C@@H]1C(=O)O)c1c(F)cccc1F. The van der Waals surface area contributed by atoms with E-state index in [1.807, 2.05) is 0 Å². The highest BCUT2D eigenvalue weighted by Gasteiger charge is 2.35. The molecule has 0 bridgehead atoms. The van der Waals surface area contributed by atoms with Gasteiger partial charge < -0.3 is 15.3 Å². The summed E-state index contributed by atoms with van der Waals surface area (Å²) in [5.41, 5.74) is -0.410. The molecule has 2 amide bonds. The molecular formula is C16H18F2N2O4. The van der Waals surface area contributed by atoms with E-state index < -0.39 is 53.5 Å². The van der Waals surface area contributed by atoms with E-state index in [0.717, 1.165) is 12.1 Å². The molecule has 1 aliphatic heterocycles. The van der Waals surface area contributed by atoms with Crippen molar-refractivity contribution in [2.24, 2.45) is 0 Å². The summed E-state index contributed by atoms with van der Waals surface area (Å²) in [6.07, 6.45) is 0.461. The second-order valence-corrected chi connectivity index (χ2v) is 5.68. The van der Waals surface area contributed by atoms with E-state index in [0.29, 0.717) is 12.8 Å². The third-order valence-electron chi connectivity index (χ3n) is 3.96. The first-order valence-electron chi connectivity index (χ1n) is 7.54. The van der Waals surface area contributed by atoms with E-state index in [1.54, 1.807) is 0 Å². The fourth-order valence-electron chi connectivity index (χ4n) is 2.93. The molecule has 0 aliphatic carbocycles. The predicted octanol–water partition coefficient (Wildman–Crippen LogP) is 1.61. The van der Waals surface area contributed by atoms with Crippen molar-refractivity contribution in [1.29, 1.82) is 0 Å². The van der Waals surface area contributed by atoms with Crippen LogP contribution in [0.2, 0.25) is 0 Å². The van der Waals surface area contributed by atoms with Crippen molar-refractivity contribution >= 4 is 17.8 Å². The maximum atomic E-state index is 14.0. The minimum absolute atomic E-state index is 0.266. The van der Waals surface area contributed by atoms with Crippen molar-refractivity contribution in [3.63, 3.8) is 0 Å². The largest absolute Gasteiger partial charge is 0.480 e. The molecule has 1 heterocycles. The lowest BCUT2D eigenvalue weighted by Crippen LogP contribution is -2.42. The number of halogens is 2. The van der Waals surface area contributed by atoms with Gasteiger partial charge in [-0.15, -0.1) is 0 Å². The molecule has 130 valence electrons. The Morgan fingerprint density at radius 2 is 1.96 bits per heavy atom. The average molecular weight is 340 g/mol. The van der Waals surface area contributed by atoms with Gasteiger partial charge in [-0.2, -0.15) is 0 Å². The van der Waals surface area contributed by atoms with Gasteiger partial charge in [-0.05, 0) is 25.0 Å². The van der Waals surface area contributed by atoms with Crippen molar-refractivity contribution in [2.45, 2.75) is 38.3 Å². The third-order valence-corrected chi connectivity index (χ3v) is 3.96. The number of rotatable bonds is 5. The highest BCUT2D eigenvalue weighted by atomic mass is 19.1. The molecule has 2 rings (SSSR count). The number of nitrogens with one attached hydrogen (secondary N) is 1. The van der Waals surface area contributed by atoms with Crippen molar-refractivity contribution in [3.05, 3.63) is 35.4 Å². The standard InChI is InChI=1S/C16H18F2N2O4/c1-9(21)19-12(15-10(17)4-2-5-11(15)18)8-14(22)20-7-3-6-13(20)16(23)24/h2,4-5,12-13H,3,6-8H2,1H3,(H,19,21)(H,23,24)/t12-,13+/m0/s1. The third kappa shape index (κ3) is 3.87. The molecule has 1 aromatic carbocycles. The van der Waals surface area contributed by atoms with E-state index in [1.165, 1.54) is 17.9 Å². The first-order valence-corrected chi connectivity index (χ1v) is 7.54. The predicted molar refractivity (Wildman–Crippen MR) is 79.9 cm³/mol. The summed E-state index contributed by atoms with van der Waals surface area (Å²) in [4.78, 5) is 36.1. The Balaban J connectivity index is 2.25. The van der Waals surface area contributed by atoms with E-state index >= 15 is 0 Å². The van der Waals surface area contributed by atoms with Gasteiger partial charge in [0.15, 0.2) is 0 Å². The van der Waals surface area contributed by atoms with E-state index in [4.69, 9.17) is 5.11 Å². The van der Waals surface area contributed by atoms with Gasteiger partial charge in [0.05, 0.1) is 12.5 Å². The van der Waals surface area contributed by atoms with Gasteiger partial charge in [0.25, 0.3) is 0 Å². The summed E-state index contributed by atoms with van der Waals surface area (Å²) >= 11 is 0. The zero-order valence-electron chi connectivity index (χ0n) is 13.1. The number of hydrogen-bond acceptors (Lipinski definition) is 3. The fraction of sp³-hybridized carbons (Fsp3) is 0.438. The smallest absolute Gasteiger partial charge is 0.326 e. The van der Waals surface area contributed by atoms with Crippen LogP contribution in [0.5, 0.6) is 0 Å². The number of nitrogens with zero attached hydrogens (tertiary/aromatic N) is 1. The zero-order valence-corrected chi connectivity index (χ0v) is 13.1. The number of carboxylic acid groups (broad SMARTS) is 1. The van der Waals surface area contributed by atoms with Crippen LogP contribution in [0, 0.1) is 11.6 Å². The highest BCUT2D eigenvalue weighted by molar-refractivity contribution is 5.85. The maximum Gasteiger partial charge on any atom is 0.326 e. The summed E-state index contributed by atoms with van der Waals surface area (Å²) in [6.45, 7) is 1.44. The summed E-state index contributed by atoms with van der Waals surface area (Å²) in [5.74, 6) is -3.99. The number of hydrogen-bond donors (Lipinski definition) is 2. The second kappa shape index (κ2) is 7.37. The van der Waals surface area contributed by atoms with Gasteiger partial charge in [-0.25, -0.2) is 13.6 Å². The van der Waals surface area contributed by atoms with Crippen LogP contribution in [0.4, 0.5) is 8.78 Å². The molecule has 8 heteroatoms. The van der Waals surface area contributed by atoms with Crippen LogP contribution in [0.15, 0.2) is 18.2 Å². The number of carbonyl (C=O) groups is 3. The molecule has 0 spiro atoms. The van der Waals surface area contributed by atoms with E-state index in [9.17, 15) is 23.2 Å². The average Bonchev–Trinajstić information content (AvgIpc) is 2.95. The number of aliphatic carboxylic acids is 1. The summed E-state index contributed by atoms with van der Waals surface area (Å²) in [7, 11) is 0. The molecule has 0 aromatic heterocycles. The minimum atomic E-state index is -1.20. The van der Waals surface area contributed by atoms with Crippen LogP contribution < -0.4 is 5.32 Å². The molecule has 6 nitrogen and oxygen atoms in total. The maximum absolute atomic E-state index is 14.0. The second-order valence-electron chi connectivity index (χ2n) is 5.68. The number of likely N-dealkylation sites (tertiary alicyclic amines) is 1. The first-order chi connectivity index (χ1) is 11.3. The van der Waals surface area contributed by atoms with Crippen LogP contribution >= 0.6 is 0 Å². The van der Waals surface area contributed by atoms with Crippen molar-refractivity contribution in [2.75, 3.05) is 6.54 Å².